The fraction of sp³-hybridized carbons (Fsp3) is 0.0566. The van der Waals surface area contributed by atoms with Crippen LogP contribution in [0.15, 0.2) is 194 Å². The molecule has 12 rings (SSSR count). The number of ether oxygens (including phenoxy) is 1. The van der Waals surface area contributed by atoms with E-state index in [4.69, 9.17) is 14.7 Å². The molecule has 0 saturated carbocycles. The minimum atomic E-state index is -0.476. The Hall–Kier alpha value is -7.10. The normalized spacial score (nSPS) is 17.1. The van der Waals surface area contributed by atoms with Gasteiger partial charge in [-0.1, -0.05) is 182 Å². The summed E-state index contributed by atoms with van der Waals surface area (Å²) in [5.74, 6) is 2.93. The van der Waals surface area contributed by atoms with Crippen molar-refractivity contribution in [2.24, 2.45) is 5.92 Å². The lowest BCUT2D eigenvalue weighted by atomic mass is 9.61. The average molecular weight is 715 g/mol. The predicted octanol–water partition coefficient (Wildman–Crippen LogP) is 13.2. The first-order chi connectivity index (χ1) is 27.8. The van der Waals surface area contributed by atoms with Crippen molar-refractivity contribution in [3.63, 3.8) is 0 Å². The highest BCUT2D eigenvalue weighted by Crippen LogP contribution is 2.66. The third-order valence-electron chi connectivity index (χ3n) is 12.4. The molecular formula is C53H34N2O. The molecule has 2 heterocycles. The molecule has 0 bridgehead atoms. The van der Waals surface area contributed by atoms with E-state index in [1.807, 2.05) is 6.07 Å². The topological polar surface area (TPSA) is 35.0 Å². The lowest BCUT2D eigenvalue weighted by Gasteiger charge is -2.43. The lowest BCUT2D eigenvalue weighted by molar-refractivity contribution is 0.380. The van der Waals surface area contributed by atoms with Gasteiger partial charge in [-0.25, -0.2) is 9.97 Å². The first-order valence-electron chi connectivity index (χ1n) is 19.4. The quantitative estimate of drug-likeness (QED) is 0.183. The van der Waals surface area contributed by atoms with Gasteiger partial charge >= 0.3 is 0 Å². The number of rotatable bonds is 3. The Balaban J connectivity index is 1.09. The Bertz CT molecular complexity index is 3040. The summed E-state index contributed by atoms with van der Waals surface area (Å²) in [5.41, 5.74) is 10.9. The molecule has 8 aromatic carbocycles. The molecule has 3 aliphatic rings. The molecule has 3 nitrogen and oxygen atoms in total. The van der Waals surface area contributed by atoms with Gasteiger partial charge in [0, 0.05) is 50.2 Å². The van der Waals surface area contributed by atoms with Gasteiger partial charge in [-0.3, -0.25) is 0 Å². The van der Waals surface area contributed by atoms with Gasteiger partial charge in [-0.05, 0) is 45.2 Å². The second-order valence-corrected chi connectivity index (χ2v) is 15.2. The number of allylic oxidation sites excluding steroid dienone is 4. The summed E-state index contributed by atoms with van der Waals surface area (Å²) in [6.45, 7) is 0. The largest absolute Gasteiger partial charge is 0.455 e. The van der Waals surface area contributed by atoms with E-state index >= 15 is 0 Å². The highest BCUT2D eigenvalue weighted by Gasteiger charge is 2.57. The minimum Gasteiger partial charge on any atom is -0.455 e. The van der Waals surface area contributed by atoms with Crippen molar-refractivity contribution in [2.45, 2.75) is 11.3 Å². The van der Waals surface area contributed by atoms with Crippen LogP contribution in [-0.2, 0) is 5.41 Å². The maximum absolute atomic E-state index is 7.16. The summed E-state index contributed by atoms with van der Waals surface area (Å²) >= 11 is 0. The van der Waals surface area contributed by atoms with Crippen LogP contribution >= 0.6 is 0 Å². The third-order valence-corrected chi connectivity index (χ3v) is 12.4. The Labute approximate surface area is 324 Å². The van der Waals surface area contributed by atoms with Crippen molar-refractivity contribution in [2.75, 3.05) is 0 Å². The second-order valence-electron chi connectivity index (χ2n) is 15.2. The maximum Gasteiger partial charge on any atom is 0.160 e. The SMILES string of the molecule is C1=CC2c3cc(-c4nc(-c5ccc(-c6ccccc6)cc5)nc5ccccc45)ccc3C3(c4ccc5ccccc5c4Oc4c3ccc3ccccc43)C2C=C1. The molecule has 2 unspecified atom stereocenters. The first-order valence-corrected chi connectivity index (χ1v) is 19.4. The highest BCUT2D eigenvalue weighted by molar-refractivity contribution is 5.98. The Morgan fingerprint density at radius 3 is 1.75 bits per heavy atom. The summed E-state index contributed by atoms with van der Waals surface area (Å²) in [6.07, 6.45) is 9.29. The number of nitrogens with zero attached hydrogens (tertiary/aromatic N) is 2. The minimum absolute atomic E-state index is 0.141. The molecule has 0 fully saturated rings. The van der Waals surface area contributed by atoms with Crippen LogP contribution in [0, 0.1) is 5.92 Å². The smallest absolute Gasteiger partial charge is 0.160 e. The molecule has 0 radical (unpaired) electrons. The van der Waals surface area contributed by atoms with Gasteiger partial charge in [0.05, 0.1) is 16.6 Å². The van der Waals surface area contributed by atoms with E-state index in [2.05, 4.69) is 188 Å². The molecule has 0 saturated heterocycles. The van der Waals surface area contributed by atoms with Gasteiger partial charge in [-0.2, -0.15) is 0 Å². The molecule has 1 aromatic heterocycles. The molecular weight excluding hydrogens is 681 g/mol. The summed E-state index contributed by atoms with van der Waals surface area (Å²) in [6, 6.07) is 61.0. The van der Waals surface area contributed by atoms with E-state index in [9.17, 15) is 0 Å². The molecule has 9 aromatic rings. The third kappa shape index (κ3) is 4.40. The molecule has 0 N–H and O–H groups in total. The van der Waals surface area contributed by atoms with Crippen LogP contribution in [0.4, 0.5) is 0 Å². The van der Waals surface area contributed by atoms with E-state index < -0.39 is 5.41 Å². The van der Waals surface area contributed by atoms with Crippen molar-refractivity contribution < 1.29 is 4.74 Å². The first kappa shape index (κ1) is 31.3. The molecule has 262 valence electrons. The van der Waals surface area contributed by atoms with Crippen LogP contribution in [0.5, 0.6) is 11.5 Å². The van der Waals surface area contributed by atoms with Crippen LogP contribution < -0.4 is 4.74 Å². The number of hydrogen-bond acceptors (Lipinski definition) is 3. The monoisotopic (exact) mass is 714 g/mol. The number of aromatic nitrogens is 2. The average Bonchev–Trinajstić information content (AvgIpc) is 3.56. The fourth-order valence-electron chi connectivity index (χ4n) is 9.93. The number of para-hydroxylation sites is 1. The van der Waals surface area contributed by atoms with E-state index in [1.54, 1.807) is 0 Å². The Morgan fingerprint density at radius 2 is 1.02 bits per heavy atom. The van der Waals surface area contributed by atoms with Gasteiger partial charge < -0.3 is 4.74 Å². The standard InChI is InChI=1S/C53H34N2O/c1-2-12-33(13-3-1)34-22-24-37(25-23-34)52-54-48-21-11-9-19-42(48)49(55-52)38-28-29-45-43(32-38)41-18-8-10-20-44(41)53(45)46-30-26-35-14-4-6-16-39(35)50(46)56-51-40-17-7-5-15-36(40)27-31-47(51)53/h1-32,41,44H. The van der Waals surface area contributed by atoms with Crippen LogP contribution in [0.3, 0.4) is 0 Å². The van der Waals surface area contributed by atoms with Crippen molar-refractivity contribution >= 4 is 32.4 Å². The summed E-state index contributed by atoms with van der Waals surface area (Å²) < 4.78 is 7.16. The number of hydrogen-bond donors (Lipinski definition) is 0. The van der Waals surface area contributed by atoms with Crippen molar-refractivity contribution in [3.05, 3.63) is 216 Å². The summed E-state index contributed by atoms with van der Waals surface area (Å²) in [5, 5.41) is 5.67. The number of benzene rings is 8. The molecule has 1 aliphatic heterocycles. The van der Waals surface area contributed by atoms with Crippen molar-refractivity contribution in [1.82, 2.24) is 9.97 Å². The van der Waals surface area contributed by atoms with E-state index in [0.717, 1.165) is 55.8 Å². The zero-order chi connectivity index (χ0) is 36.8. The van der Waals surface area contributed by atoms with Gasteiger partial charge in [0.2, 0.25) is 0 Å². The molecule has 1 spiro atoms. The van der Waals surface area contributed by atoms with Crippen molar-refractivity contribution in [3.8, 4) is 45.3 Å². The number of fused-ring (bicyclic) bond motifs is 14. The van der Waals surface area contributed by atoms with Crippen LogP contribution in [-0.4, -0.2) is 9.97 Å². The molecule has 2 aliphatic carbocycles. The van der Waals surface area contributed by atoms with Crippen molar-refractivity contribution in [1.29, 1.82) is 0 Å². The maximum atomic E-state index is 7.16. The highest BCUT2D eigenvalue weighted by atomic mass is 16.5. The van der Waals surface area contributed by atoms with Crippen LogP contribution in [0.25, 0.3) is 66.2 Å². The molecule has 56 heavy (non-hydrogen) atoms. The van der Waals surface area contributed by atoms with E-state index in [1.165, 1.54) is 44.2 Å². The summed E-state index contributed by atoms with van der Waals surface area (Å²) in [4.78, 5) is 10.4. The zero-order valence-electron chi connectivity index (χ0n) is 30.4. The van der Waals surface area contributed by atoms with Crippen LogP contribution in [0.1, 0.15) is 28.2 Å². The lowest BCUT2D eigenvalue weighted by Crippen LogP contribution is -2.37. The van der Waals surface area contributed by atoms with Gasteiger partial charge in [0.25, 0.3) is 0 Å². The molecule has 0 amide bonds. The van der Waals surface area contributed by atoms with Gasteiger partial charge in [0.15, 0.2) is 5.82 Å². The fourth-order valence-corrected chi connectivity index (χ4v) is 9.93. The van der Waals surface area contributed by atoms with E-state index in [-0.39, 0.29) is 11.8 Å². The zero-order valence-corrected chi connectivity index (χ0v) is 30.4. The second kappa shape index (κ2) is 11.9. The molecule has 3 heteroatoms. The molecule has 2 atom stereocenters. The summed E-state index contributed by atoms with van der Waals surface area (Å²) in [7, 11) is 0. The van der Waals surface area contributed by atoms with Gasteiger partial charge in [0.1, 0.15) is 11.5 Å². The van der Waals surface area contributed by atoms with Crippen LogP contribution in [0.2, 0.25) is 0 Å². The van der Waals surface area contributed by atoms with Gasteiger partial charge in [-0.15, -0.1) is 0 Å². The Morgan fingerprint density at radius 1 is 0.446 bits per heavy atom. The predicted molar refractivity (Wildman–Crippen MR) is 228 cm³/mol. The van der Waals surface area contributed by atoms with E-state index in [0.29, 0.717) is 0 Å². The Kier molecular flexibility index (Phi) is 6.67.